The second kappa shape index (κ2) is 6.25. The first-order valence-corrected chi connectivity index (χ1v) is 6.70. The van der Waals surface area contributed by atoms with E-state index >= 15 is 0 Å². The van der Waals surface area contributed by atoms with Crippen molar-refractivity contribution in [1.29, 1.82) is 0 Å². The molecule has 0 aliphatic carbocycles. The highest BCUT2D eigenvalue weighted by atomic mass is 16.5. The average molecular weight is 290 g/mol. The molecule has 0 saturated carbocycles. The van der Waals surface area contributed by atoms with E-state index in [0.717, 1.165) is 5.69 Å². The van der Waals surface area contributed by atoms with Gasteiger partial charge in [0.05, 0.1) is 24.6 Å². The fraction of sp³-hybridized carbons (Fsp3) is 0.357. The van der Waals surface area contributed by atoms with Crippen LogP contribution in [-0.4, -0.2) is 34.1 Å². The lowest BCUT2D eigenvalue weighted by molar-refractivity contribution is 0.0995. The third-order valence-electron chi connectivity index (χ3n) is 2.90. The Kier molecular flexibility index (Phi) is 4.42. The molecule has 2 aromatic rings. The number of carbonyl (C=O) groups is 1. The standard InChI is InChI=1S/C14H18N4O3/c1-4-20-11-7-6-10(8-12(11)21-5-2)18-9(3)13(14(15)19)16-17-18/h6-8H,4-5H2,1-3H3,(H2,15,19). The monoisotopic (exact) mass is 290 g/mol. The molecule has 2 N–H and O–H groups in total. The topological polar surface area (TPSA) is 92.3 Å². The second-order valence-electron chi connectivity index (χ2n) is 4.30. The van der Waals surface area contributed by atoms with E-state index in [4.69, 9.17) is 15.2 Å². The number of amides is 1. The van der Waals surface area contributed by atoms with Crippen molar-refractivity contribution in [2.75, 3.05) is 13.2 Å². The van der Waals surface area contributed by atoms with E-state index in [2.05, 4.69) is 10.3 Å². The van der Waals surface area contributed by atoms with Gasteiger partial charge in [-0.1, -0.05) is 5.21 Å². The molecule has 0 saturated heterocycles. The summed E-state index contributed by atoms with van der Waals surface area (Å²) in [6.45, 7) is 6.61. The Bertz CT molecular complexity index is 652. The Morgan fingerprint density at radius 2 is 1.90 bits per heavy atom. The maximum Gasteiger partial charge on any atom is 0.271 e. The van der Waals surface area contributed by atoms with Gasteiger partial charge in [0, 0.05) is 6.07 Å². The number of hydrogen-bond donors (Lipinski definition) is 1. The summed E-state index contributed by atoms with van der Waals surface area (Å²) < 4.78 is 12.6. The lowest BCUT2D eigenvalue weighted by Gasteiger charge is -2.12. The quantitative estimate of drug-likeness (QED) is 0.869. The second-order valence-corrected chi connectivity index (χ2v) is 4.30. The fourth-order valence-corrected chi connectivity index (χ4v) is 1.97. The summed E-state index contributed by atoms with van der Waals surface area (Å²) in [7, 11) is 0. The molecular formula is C14H18N4O3. The van der Waals surface area contributed by atoms with Crippen LogP contribution in [0.4, 0.5) is 0 Å². The third-order valence-corrected chi connectivity index (χ3v) is 2.90. The minimum absolute atomic E-state index is 0.154. The molecule has 21 heavy (non-hydrogen) atoms. The molecule has 0 aliphatic heterocycles. The van der Waals surface area contributed by atoms with E-state index in [1.807, 2.05) is 19.9 Å². The molecule has 0 spiro atoms. The van der Waals surface area contributed by atoms with Crippen LogP contribution in [0.25, 0.3) is 5.69 Å². The van der Waals surface area contributed by atoms with E-state index < -0.39 is 5.91 Å². The molecule has 0 fully saturated rings. The van der Waals surface area contributed by atoms with Crippen LogP contribution in [0.3, 0.4) is 0 Å². The van der Waals surface area contributed by atoms with E-state index in [1.165, 1.54) is 0 Å². The van der Waals surface area contributed by atoms with Crippen molar-refractivity contribution in [2.24, 2.45) is 5.73 Å². The molecule has 0 atom stereocenters. The van der Waals surface area contributed by atoms with Crippen LogP contribution >= 0.6 is 0 Å². The van der Waals surface area contributed by atoms with Crippen molar-refractivity contribution in [2.45, 2.75) is 20.8 Å². The van der Waals surface area contributed by atoms with Crippen LogP contribution < -0.4 is 15.2 Å². The predicted octanol–water partition coefficient (Wildman–Crippen LogP) is 1.47. The third kappa shape index (κ3) is 2.96. The molecule has 1 aromatic carbocycles. The van der Waals surface area contributed by atoms with Crippen LogP contribution in [0.15, 0.2) is 18.2 Å². The van der Waals surface area contributed by atoms with Gasteiger partial charge >= 0.3 is 0 Å². The Morgan fingerprint density at radius 1 is 1.24 bits per heavy atom. The summed E-state index contributed by atoms with van der Waals surface area (Å²) >= 11 is 0. The molecule has 1 aromatic heterocycles. The van der Waals surface area contributed by atoms with Gasteiger partial charge in [0.2, 0.25) is 0 Å². The zero-order valence-corrected chi connectivity index (χ0v) is 12.3. The first-order valence-electron chi connectivity index (χ1n) is 6.70. The number of hydrogen-bond acceptors (Lipinski definition) is 5. The van der Waals surface area contributed by atoms with Gasteiger partial charge in [0.25, 0.3) is 5.91 Å². The Morgan fingerprint density at radius 3 is 2.48 bits per heavy atom. The number of nitrogens with two attached hydrogens (primary N) is 1. The van der Waals surface area contributed by atoms with E-state index in [1.54, 1.807) is 23.7 Å². The highest BCUT2D eigenvalue weighted by Crippen LogP contribution is 2.30. The van der Waals surface area contributed by atoms with E-state index in [0.29, 0.717) is 30.4 Å². The molecule has 1 heterocycles. The molecule has 7 heteroatoms. The van der Waals surface area contributed by atoms with Crippen LogP contribution in [0.2, 0.25) is 0 Å². The first kappa shape index (κ1) is 14.8. The smallest absolute Gasteiger partial charge is 0.271 e. The van der Waals surface area contributed by atoms with Gasteiger partial charge in [-0.05, 0) is 32.9 Å². The molecule has 0 bridgehead atoms. The molecule has 0 aliphatic rings. The Labute approximate surface area is 122 Å². The number of ether oxygens (including phenoxy) is 2. The van der Waals surface area contributed by atoms with Gasteiger partial charge in [0.1, 0.15) is 0 Å². The lowest BCUT2D eigenvalue weighted by Crippen LogP contribution is -2.13. The number of primary amides is 1. The minimum Gasteiger partial charge on any atom is -0.490 e. The van der Waals surface area contributed by atoms with Gasteiger partial charge in [-0.25, -0.2) is 4.68 Å². The molecule has 0 radical (unpaired) electrons. The lowest BCUT2D eigenvalue weighted by atomic mass is 10.2. The van der Waals surface area contributed by atoms with Crippen molar-refractivity contribution in [3.63, 3.8) is 0 Å². The molecular weight excluding hydrogens is 272 g/mol. The van der Waals surface area contributed by atoms with E-state index in [9.17, 15) is 4.79 Å². The molecule has 112 valence electrons. The van der Waals surface area contributed by atoms with Gasteiger partial charge in [-0.15, -0.1) is 5.10 Å². The number of rotatable bonds is 6. The minimum atomic E-state index is -0.602. The first-order chi connectivity index (χ1) is 10.1. The van der Waals surface area contributed by atoms with Crippen LogP contribution in [-0.2, 0) is 0 Å². The van der Waals surface area contributed by atoms with Crippen LogP contribution in [0.5, 0.6) is 11.5 Å². The van der Waals surface area contributed by atoms with Gasteiger partial charge in [-0.2, -0.15) is 0 Å². The van der Waals surface area contributed by atoms with Crippen molar-refractivity contribution >= 4 is 5.91 Å². The normalized spacial score (nSPS) is 10.4. The van der Waals surface area contributed by atoms with Crippen molar-refractivity contribution < 1.29 is 14.3 Å². The summed E-state index contributed by atoms with van der Waals surface area (Å²) in [4.78, 5) is 11.2. The summed E-state index contributed by atoms with van der Waals surface area (Å²) in [5, 5.41) is 7.75. The van der Waals surface area contributed by atoms with Gasteiger partial charge < -0.3 is 15.2 Å². The number of aromatic nitrogens is 3. The SMILES string of the molecule is CCOc1ccc(-n2nnc(C(N)=O)c2C)cc1OCC. The van der Waals surface area contributed by atoms with Crippen LogP contribution in [0, 0.1) is 6.92 Å². The largest absolute Gasteiger partial charge is 0.490 e. The summed E-state index contributed by atoms with van der Waals surface area (Å²) in [6.07, 6.45) is 0. The Balaban J connectivity index is 2.45. The predicted molar refractivity (Wildman–Crippen MR) is 77.0 cm³/mol. The zero-order valence-electron chi connectivity index (χ0n) is 12.3. The van der Waals surface area contributed by atoms with Crippen molar-refractivity contribution in [1.82, 2.24) is 15.0 Å². The molecule has 0 unspecified atom stereocenters. The number of nitrogens with zero attached hydrogens (tertiary/aromatic N) is 3. The Hall–Kier alpha value is -2.57. The van der Waals surface area contributed by atoms with Gasteiger partial charge in [-0.3, -0.25) is 4.79 Å². The zero-order chi connectivity index (χ0) is 15.4. The highest BCUT2D eigenvalue weighted by Gasteiger charge is 2.16. The van der Waals surface area contributed by atoms with Crippen LogP contribution in [0.1, 0.15) is 30.0 Å². The maximum atomic E-state index is 11.2. The fourth-order valence-electron chi connectivity index (χ4n) is 1.97. The molecule has 1 amide bonds. The number of carbonyl (C=O) groups excluding carboxylic acids is 1. The van der Waals surface area contributed by atoms with Crippen molar-refractivity contribution in [3.05, 3.63) is 29.6 Å². The maximum absolute atomic E-state index is 11.2. The molecule has 2 rings (SSSR count). The van der Waals surface area contributed by atoms with Crippen molar-refractivity contribution in [3.8, 4) is 17.2 Å². The van der Waals surface area contributed by atoms with E-state index in [-0.39, 0.29) is 5.69 Å². The number of benzene rings is 1. The van der Waals surface area contributed by atoms with Gasteiger partial charge in [0.15, 0.2) is 17.2 Å². The summed E-state index contributed by atoms with van der Waals surface area (Å²) in [5.74, 6) is 0.679. The average Bonchev–Trinajstić information content (AvgIpc) is 2.83. The highest BCUT2D eigenvalue weighted by molar-refractivity contribution is 5.91. The summed E-state index contributed by atoms with van der Waals surface area (Å²) in [6, 6.07) is 5.41. The molecule has 7 nitrogen and oxygen atoms in total. The summed E-state index contributed by atoms with van der Waals surface area (Å²) in [5.41, 5.74) is 6.70.